The van der Waals surface area contributed by atoms with Crippen molar-refractivity contribution >= 4 is 40.1 Å². The fraction of sp³-hybridized carbons (Fsp3) is 0.0667. The molecule has 0 saturated carbocycles. The number of hydrogen-bond acceptors (Lipinski definition) is 6. The predicted molar refractivity (Wildman–Crippen MR) is 204 cm³/mol. The van der Waals surface area contributed by atoms with Gasteiger partial charge >= 0.3 is 17.7 Å². The van der Waals surface area contributed by atoms with E-state index in [1.807, 2.05) is 146 Å². The van der Waals surface area contributed by atoms with E-state index in [1.54, 1.807) is 0 Å². The fourth-order valence-corrected chi connectivity index (χ4v) is 7.49. The van der Waals surface area contributed by atoms with Crippen molar-refractivity contribution in [1.82, 2.24) is 9.97 Å². The third-order valence-corrected chi connectivity index (χ3v) is 9.81. The average molecular weight is 693 g/mol. The highest BCUT2D eigenvalue weighted by molar-refractivity contribution is 6.55. The SMILES string of the molecule is COC(=O)[C@@]12N=C(C(=O)O1)/C(c1ccccc1)=c1/cc/c([nH]1)=C(\c1ccccc1)C1=N/C(=C(/c3ccccc3)c3ccc([nH]3)[C@H]2c2ccccc2)C=C1. The first-order chi connectivity index (χ1) is 26.0. The number of ether oxygens (including phenoxy) is 2. The Labute approximate surface area is 304 Å². The van der Waals surface area contributed by atoms with Crippen LogP contribution in [0.2, 0.25) is 0 Å². The van der Waals surface area contributed by atoms with Crippen molar-refractivity contribution in [3.8, 4) is 0 Å². The molecule has 2 N–H and O–H groups in total. The van der Waals surface area contributed by atoms with Gasteiger partial charge in [0.15, 0.2) is 5.71 Å². The van der Waals surface area contributed by atoms with Crippen LogP contribution in [0.25, 0.3) is 16.7 Å². The lowest BCUT2D eigenvalue weighted by atomic mass is 9.85. The smallest absolute Gasteiger partial charge is 0.375 e. The van der Waals surface area contributed by atoms with Crippen LogP contribution in [0.1, 0.15) is 39.6 Å². The number of rotatable bonds is 5. The highest BCUT2D eigenvalue weighted by atomic mass is 16.6. The Morgan fingerprint density at radius 2 is 1.23 bits per heavy atom. The number of nitrogens with one attached hydrogen (secondary N) is 2. The summed E-state index contributed by atoms with van der Waals surface area (Å²) in [5.74, 6) is -2.46. The molecule has 4 aromatic carbocycles. The predicted octanol–water partition coefficient (Wildman–Crippen LogP) is 6.22. The first-order valence-electron chi connectivity index (χ1n) is 17.3. The van der Waals surface area contributed by atoms with Crippen molar-refractivity contribution in [3.05, 3.63) is 208 Å². The Morgan fingerprint density at radius 3 is 1.85 bits per heavy atom. The highest BCUT2D eigenvalue weighted by Crippen LogP contribution is 2.44. The molecule has 2 aromatic heterocycles. The Hall–Kier alpha value is -7.06. The minimum Gasteiger partial charge on any atom is -0.465 e. The van der Waals surface area contributed by atoms with E-state index in [0.29, 0.717) is 27.7 Å². The Balaban J connectivity index is 1.44. The van der Waals surface area contributed by atoms with Gasteiger partial charge in [-0.25, -0.2) is 19.6 Å². The van der Waals surface area contributed by atoms with Gasteiger partial charge in [-0.3, -0.25) is 0 Å². The second-order valence-electron chi connectivity index (χ2n) is 12.9. The third kappa shape index (κ3) is 5.39. The maximum Gasteiger partial charge on any atom is 0.375 e. The average Bonchev–Trinajstić information content (AvgIpc) is 4.03. The highest BCUT2D eigenvalue weighted by Gasteiger charge is 2.58. The number of methoxy groups -OCH3 is 1. The lowest BCUT2D eigenvalue weighted by Gasteiger charge is -2.30. The molecule has 53 heavy (non-hydrogen) atoms. The summed E-state index contributed by atoms with van der Waals surface area (Å²) in [6.45, 7) is 0. The summed E-state index contributed by atoms with van der Waals surface area (Å²) in [6.07, 6.45) is 4.07. The van der Waals surface area contributed by atoms with Crippen LogP contribution >= 0.6 is 0 Å². The summed E-state index contributed by atoms with van der Waals surface area (Å²) >= 11 is 0. The van der Waals surface area contributed by atoms with Crippen LogP contribution in [-0.2, 0) is 19.1 Å². The number of hydrogen-bond donors (Lipinski definition) is 2. The second-order valence-corrected chi connectivity index (χ2v) is 12.9. The monoisotopic (exact) mass is 692 g/mol. The minimum atomic E-state index is -2.10. The largest absolute Gasteiger partial charge is 0.465 e. The fourth-order valence-electron chi connectivity index (χ4n) is 7.49. The topological polar surface area (TPSA) is 109 Å². The third-order valence-electron chi connectivity index (χ3n) is 9.81. The standard InChI is InChI=1S/C45H32N4O4/c1-52-44(51)45-41(31-20-12-5-13-21-31)37-27-26-35(48-37)39(29-16-8-3-9-17-29)33-23-22-32(46-33)38(28-14-6-2-7-15-28)34-24-25-36(47-34)40(30-18-10-4-11-19-30)42(49-45)43(50)53-45/h2-27,41,47-48H,1H3/b38-34-,39-33-,40-36-/t41-,45+/m1/s1. The minimum absolute atomic E-state index is 0.00123. The number of fused-ring (bicyclic) bond motifs is 6. The van der Waals surface area contributed by atoms with Gasteiger partial charge in [0.25, 0.3) is 0 Å². The number of aromatic amines is 2. The summed E-state index contributed by atoms with van der Waals surface area (Å²) in [6, 6.07) is 46.8. The number of benzene rings is 4. The number of aliphatic imine (C=N–C) groups is 2. The second kappa shape index (κ2) is 12.9. The normalized spacial score (nSPS) is 22.6. The molecule has 0 aliphatic carbocycles. The number of H-pyrrole nitrogens is 2. The van der Waals surface area contributed by atoms with E-state index in [2.05, 4.69) is 22.1 Å². The van der Waals surface area contributed by atoms with Gasteiger partial charge in [0, 0.05) is 38.8 Å². The Kier molecular flexibility index (Phi) is 7.78. The van der Waals surface area contributed by atoms with Crippen LogP contribution < -0.4 is 10.7 Å². The molecule has 6 aromatic rings. The number of allylic oxidation sites excluding steroid dienone is 2. The summed E-state index contributed by atoms with van der Waals surface area (Å²) in [7, 11) is 1.28. The van der Waals surface area contributed by atoms with E-state index >= 15 is 0 Å². The number of aromatic nitrogens is 2. The first-order valence-corrected chi connectivity index (χ1v) is 17.3. The van der Waals surface area contributed by atoms with Crippen LogP contribution in [0.15, 0.2) is 173 Å². The van der Waals surface area contributed by atoms with Crippen molar-refractivity contribution in [2.45, 2.75) is 11.6 Å². The number of esters is 2. The van der Waals surface area contributed by atoms with E-state index in [1.165, 1.54) is 7.11 Å². The van der Waals surface area contributed by atoms with Gasteiger partial charge in [0.05, 0.1) is 24.4 Å². The molecule has 3 aliphatic heterocycles. The van der Waals surface area contributed by atoms with Gasteiger partial charge in [-0.15, -0.1) is 0 Å². The molecule has 0 fully saturated rings. The molecule has 2 atom stereocenters. The molecule has 5 heterocycles. The van der Waals surface area contributed by atoms with Crippen molar-refractivity contribution < 1.29 is 19.1 Å². The van der Waals surface area contributed by atoms with E-state index in [-0.39, 0.29) is 5.71 Å². The lowest BCUT2D eigenvalue weighted by molar-refractivity contribution is -0.174. The quantitative estimate of drug-likeness (QED) is 0.209. The molecule has 0 unspecified atom stereocenters. The molecular formula is C45H32N4O4. The summed E-state index contributed by atoms with van der Waals surface area (Å²) in [4.78, 5) is 46.1. The van der Waals surface area contributed by atoms with Gasteiger partial charge in [0.1, 0.15) is 0 Å². The number of carbonyl (C=O) groups is 2. The van der Waals surface area contributed by atoms with Crippen LogP contribution in [-0.4, -0.2) is 46.2 Å². The molecule has 8 heteroatoms. The van der Waals surface area contributed by atoms with E-state index < -0.39 is 23.6 Å². The summed E-state index contributed by atoms with van der Waals surface area (Å²) in [5, 5.41) is 1.40. The molecule has 0 amide bonds. The molecule has 8 bridgehead atoms. The molecule has 3 aliphatic rings. The molecule has 0 saturated heterocycles. The lowest BCUT2D eigenvalue weighted by Crippen LogP contribution is -2.45. The van der Waals surface area contributed by atoms with Crippen LogP contribution in [0.3, 0.4) is 0 Å². The van der Waals surface area contributed by atoms with Gasteiger partial charge in [-0.1, -0.05) is 121 Å². The maximum atomic E-state index is 14.3. The summed E-state index contributed by atoms with van der Waals surface area (Å²) in [5.41, 5.74) is 6.35. The van der Waals surface area contributed by atoms with Gasteiger partial charge in [-0.2, -0.15) is 0 Å². The van der Waals surface area contributed by atoms with Crippen LogP contribution in [0.5, 0.6) is 0 Å². The van der Waals surface area contributed by atoms with Gasteiger partial charge in [0.2, 0.25) is 0 Å². The zero-order valence-corrected chi connectivity index (χ0v) is 28.6. The molecular weight excluding hydrogens is 661 g/mol. The molecule has 256 valence electrons. The van der Waals surface area contributed by atoms with E-state index in [9.17, 15) is 9.59 Å². The van der Waals surface area contributed by atoms with Crippen LogP contribution in [0.4, 0.5) is 0 Å². The molecule has 0 radical (unpaired) electrons. The van der Waals surface area contributed by atoms with E-state index in [0.717, 1.165) is 44.7 Å². The zero-order chi connectivity index (χ0) is 35.9. The number of nitrogens with zero attached hydrogens (tertiary/aromatic N) is 2. The molecule has 9 rings (SSSR count). The van der Waals surface area contributed by atoms with Crippen molar-refractivity contribution in [1.29, 1.82) is 0 Å². The Bertz CT molecular complexity index is 2650. The maximum absolute atomic E-state index is 14.3. The zero-order valence-electron chi connectivity index (χ0n) is 28.6. The number of carbonyl (C=O) groups excluding carboxylic acids is 2. The molecule has 8 nitrogen and oxygen atoms in total. The van der Waals surface area contributed by atoms with Crippen molar-refractivity contribution in [2.75, 3.05) is 7.11 Å². The Morgan fingerprint density at radius 1 is 0.660 bits per heavy atom. The van der Waals surface area contributed by atoms with Crippen LogP contribution in [0, 0.1) is 0 Å². The van der Waals surface area contributed by atoms with E-state index in [4.69, 9.17) is 19.5 Å². The van der Waals surface area contributed by atoms with Gasteiger partial charge < -0.3 is 19.4 Å². The molecule has 0 spiro atoms. The first kappa shape index (κ1) is 31.9. The van der Waals surface area contributed by atoms with Crippen molar-refractivity contribution in [3.63, 3.8) is 0 Å². The van der Waals surface area contributed by atoms with Crippen molar-refractivity contribution in [2.24, 2.45) is 9.98 Å². The summed E-state index contributed by atoms with van der Waals surface area (Å²) < 4.78 is 11.7. The van der Waals surface area contributed by atoms with Gasteiger partial charge in [-0.05, 0) is 58.7 Å².